The number of hydrogen-bond acceptors (Lipinski definition) is 1. The van der Waals surface area contributed by atoms with Crippen molar-refractivity contribution in [1.29, 1.82) is 0 Å². The van der Waals surface area contributed by atoms with Crippen molar-refractivity contribution in [2.45, 2.75) is 122 Å². The van der Waals surface area contributed by atoms with E-state index in [0.29, 0.717) is 36.0 Å². The normalized spacial score (nSPS) is 29.2. The van der Waals surface area contributed by atoms with Crippen LogP contribution in [-0.2, 0) is 17.6 Å². The van der Waals surface area contributed by atoms with Crippen LogP contribution in [0.2, 0.25) is 0 Å². The van der Waals surface area contributed by atoms with Gasteiger partial charge in [0, 0.05) is 5.56 Å². The molecule has 2 fully saturated rings. The maximum atomic E-state index is 15.7. The first-order valence-corrected chi connectivity index (χ1v) is 14.3. The molecule has 0 amide bonds. The molecule has 5 unspecified atom stereocenters. The fourth-order valence-corrected chi connectivity index (χ4v) is 7.14. The highest BCUT2D eigenvalue weighted by atomic mass is 19.1. The molecule has 0 aromatic heterocycles. The average molecular weight is 473 g/mol. The summed E-state index contributed by atoms with van der Waals surface area (Å²) in [5.74, 6) is 1.42. The first-order valence-electron chi connectivity index (χ1n) is 14.3. The Hall–Kier alpha value is -1.22. The van der Waals surface area contributed by atoms with Gasteiger partial charge in [-0.05, 0) is 106 Å². The third-order valence-corrected chi connectivity index (χ3v) is 9.11. The van der Waals surface area contributed by atoms with E-state index in [4.69, 9.17) is 4.74 Å². The number of benzene rings is 1. The molecule has 5 atom stereocenters. The molecule has 0 heterocycles. The van der Waals surface area contributed by atoms with E-state index in [0.717, 1.165) is 68.9 Å². The lowest BCUT2D eigenvalue weighted by molar-refractivity contribution is -0.00351. The largest absolute Gasteiger partial charge is 0.374 e. The summed E-state index contributed by atoms with van der Waals surface area (Å²) in [6.45, 7) is 4.97. The van der Waals surface area contributed by atoms with Gasteiger partial charge in [0.05, 0.1) is 12.7 Å². The van der Waals surface area contributed by atoms with Crippen LogP contribution >= 0.6 is 0 Å². The van der Waals surface area contributed by atoms with Crippen molar-refractivity contribution in [3.8, 4) is 0 Å². The highest BCUT2D eigenvalue weighted by Crippen LogP contribution is 2.48. The summed E-state index contributed by atoms with van der Waals surface area (Å²) in [4.78, 5) is 0. The Morgan fingerprint density at radius 3 is 2.59 bits per heavy atom. The number of allylic oxidation sites excluding steroid dienone is 1. The van der Waals surface area contributed by atoms with E-state index in [1.807, 2.05) is 13.0 Å². The fourth-order valence-electron chi connectivity index (χ4n) is 7.14. The number of unbranched alkanes of at least 4 members (excludes halogenated alkanes) is 4. The lowest BCUT2D eigenvalue weighted by Gasteiger charge is -2.42. The Balaban J connectivity index is 1.35. The van der Waals surface area contributed by atoms with Gasteiger partial charge in [-0.15, -0.1) is 0 Å². The molecule has 1 aromatic rings. The van der Waals surface area contributed by atoms with Gasteiger partial charge in [0.15, 0.2) is 0 Å². The van der Waals surface area contributed by atoms with Crippen LogP contribution in [0.15, 0.2) is 18.2 Å². The Morgan fingerprint density at radius 1 is 0.971 bits per heavy atom. The molecule has 0 saturated heterocycles. The van der Waals surface area contributed by atoms with Crippen molar-refractivity contribution in [3.05, 3.63) is 46.5 Å². The van der Waals surface area contributed by atoms with E-state index in [2.05, 4.69) is 13.0 Å². The highest BCUT2D eigenvalue weighted by Gasteiger charge is 2.38. The van der Waals surface area contributed by atoms with Crippen LogP contribution in [0, 0.1) is 29.4 Å². The van der Waals surface area contributed by atoms with Crippen molar-refractivity contribution in [1.82, 2.24) is 0 Å². The van der Waals surface area contributed by atoms with E-state index >= 15 is 8.78 Å². The third-order valence-electron chi connectivity index (χ3n) is 9.11. The molecule has 1 nitrogen and oxygen atoms in total. The minimum atomic E-state index is -0.272. The quantitative estimate of drug-likeness (QED) is 0.244. The summed E-state index contributed by atoms with van der Waals surface area (Å²) in [5.41, 5.74) is 2.21. The lowest BCUT2D eigenvalue weighted by atomic mass is 9.65. The lowest BCUT2D eigenvalue weighted by Crippen LogP contribution is -2.34. The molecule has 2 saturated carbocycles. The molecule has 190 valence electrons. The Labute approximate surface area is 206 Å². The molecule has 0 bridgehead atoms. The Kier molecular flexibility index (Phi) is 9.62. The minimum absolute atomic E-state index is 0.0448. The number of ether oxygens (including phenoxy) is 1. The number of rotatable bonds is 10. The second-order valence-corrected chi connectivity index (χ2v) is 11.4. The van der Waals surface area contributed by atoms with Gasteiger partial charge in [0.2, 0.25) is 0 Å². The second kappa shape index (κ2) is 12.7. The molecule has 4 rings (SSSR count). The molecule has 0 spiro atoms. The van der Waals surface area contributed by atoms with E-state index in [1.165, 1.54) is 38.5 Å². The van der Waals surface area contributed by atoms with Crippen LogP contribution in [0.3, 0.4) is 0 Å². The molecule has 1 aromatic carbocycles. The summed E-state index contributed by atoms with van der Waals surface area (Å²) in [6.07, 6.45) is 21.1. The average Bonchev–Trinajstić information content (AvgIpc) is 2.84. The van der Waals surface area contributed by atoms with Gasteiger partial charge in [0.1, 0.15) is 11.6 Å². The zero-order valence-corrected chi connectivity index (χ0v) is 21.6. The van der Waals surface area contributed by atoms with E-state index in [9.17, 15) is 0 Å². The monoisotopic (exact) mass is 472 g/mol. The number of fused-ring (bicyclic) bond motifs is 2. The SMILES string of the molecule is C/C=C/COC1CCC2CC(c3c(F)cc4c(c3F)CCC(CCCCCCC)C4)CCC2C1. The van der Waals surface area contributed by atoms with Gasteiger partial charge in [-0.2, -0.15) is 0 Å². The summed E-state index contributed by atoms with van der Waals surface area (Å²) >= 11 is 0. The molecule has 3 aliphatic rings. The van der Waals surface area contributed by atoms with Gasteiger partial charge in [0.25, 0.3) is 0 Å². The van der Waals surface area contributed by atoms with Gasteiger partial charge >= 0.3 is 0 Å². The topological polar surface area (TPSA) is 9.23 Å². The number of hydrogen-bond donors (Lipinski definition) is 0. The molecule has 3 heteroatoms. The van der Waals surface area contributed by atoms with Gasteiger partial charge < -0.3 is 4.74 Å². The maximum absolute atomic E-state index is 15.7. The maximum Gasteiger partial charge on any atom is 0.133 e. The molecule has 0 N–H and O–H groups in total. The molecular weight excluding hydrogens is 426 g/mol. The van der Waals surface area contributed by atoms with E-state index < -0.39 is 0 Å². The zero-order chi connectivity index (χ0) is 23.9. The Morgan fingerprint density at radius 2 is 1.76 bits per heavy atom. The van der Waals surface area contributed by atoms with Gasteiger partial charge in [-0.25, -0.2) is 8.78 Å². The summed E-state index contributed by atoms with van der Waals surface area (Å²) in [5, 5.41) is 0. The van der Waals surface area contributed by atoms with E-state index in [-0.39, 0.29) is 17.6 Å². The molecule has 34 heavy (non-hydrogen) atoms. The summed E-state index contributed by atoms with van der Waals surface area (Å²) < 4.78 is 37.1. The van der Waals surface area contributed by atoms with Crippen molar-refractivity contribution in [3.63, 3.8) is 0 Å². The standard InChI is InChI=1S/C31H46F2O/c1-3-5-7-8-9-10-22-11-16-28-26(18-22)21-29(32)30(31(28)33)25-13-12-24-20-27(34-17-6-4-2)15-14-23(24)19-25/h4,6,21-25,27H,3,5,7-20H2,1-2H3/b6-4+. The zero-order valence-electron chi connectivity index (χ0n) is 21.6. The molecule has 0 aliphatic heterocycles. The fraction of sp³-hybridized carbons (Fsp3) is 0.742. The van der Waals surface area contributed by atoms with Gasteiger partial charge in [-0.1, -0.05) is 57.6 Å². The number of halogens is 2. The van der Waals surface area contributed by atoms with Crippen molar-refractivity contribution in [2.75, 3.05) is 6.61 Å². The van der Waals surface area contributed by atoms with Crippen LogP contribution in [0.1, 0.15) is 120 Å². The van der Waals surface area contributed by atoms with Gasteiger partial charge in [-0.3, -0.25) is 0 Å². The smallest absolute Gasteiger partial charge is 0.133 e. The van der Waals surface area contributed by atoms with Crippen LogP contribution < -0.4 is 0 Å². The summed E-state index contributed by atoms with van der Waals surface area (Å²) in [6, 6.07) is 1.72. The van der Waals surface area contributed by atoms with Crippen molar-refractivity contribution >= 4 is 0 Å². The highest BCUT2D eigenvalue weighted by molar-refractivity contribution is 5.39. The van der Waals surface area contributed by atoms with Crippen LogP contribution in [0.5, 0.6) is 0 Å². The Bertz CT molecular complexity index is 816. The predicted octanol–water partition coefficient (Wildman–Crippen LogP) is 9.08. The molecular formula is C31H46F2O. The summed E-state index contributed by atoms with van der Waals surface area (Å²) in [7, 11) is 0. The first kappa shape index (κ1) is 25.9. The minimum Gasteiger partial charge on any atom is -0.374 e. The van der Waals surface area contributed by atoms with Crippen molar-refractivity contribution in [2.24, 2.45) is 17.8 Å². The van der Waals surface area contributed by atoms with E-state index in [1.54, 1.807) is 6.07 Å². The van der Waals surface area contributed by atoms with Crippen LogP contribution in [0.25, 0.3) is 0 Å². The molecule has 3 aliphatic carbocycles. The van der Waals surface area contributed by atoms with Crippen molar-refractivity contribution < 1.29 is 13.5 Å². The third kappa shape index (κ3) is 6.31. The first-order chi connectivity index (χ1) is 16.6. The van der Waals surface area contributed by atoms with Crippen LogP contribution in [0.4, 0.5) is 8.78 Å². The van der Waals surface area contributed by atoms with Crippen LogP contribution in [-0.4, -0.2) is 12.7 Å². The second-order valence-electron chi connectivity index (χ2n) is 11.4. The predicted molar refractivity (Wildman–Crippen MR) is 137 cm³/mol. The molecule has 0 radical (unpaired) electrons.